The van der Waals surface area contributed by atoms with Gasteiger partial charge in [-0.05, 0) is 18.6 Å². The molecule has 2 rings (SSSR count). The molecule has 1 aromatic heterocycles. The summed E-state index contributed by atoms with van der Waals surface area (Å²) in [5.74, 6) is 0.0159. The number of para-hydroxylation sites is 1. The van der Waals surface area contributed by atoms with E-state index in [0.717, 1.165) is 16.5 Å². The lowest BCUT2D eigenvalue weighted by Crippen LogP contribution is -2.32. The summed E-state index contributed by atoms with van der Waals surface area (Å²) in [5, 5.41) is 3.97. The zero-order valence-electron chi connectivity index (χ0n) is 9.86. The zero-order chi connectivity index (χ0) is 12.3. The fourth-order valence-electron chi connectivity index (χ4n) is 1.81. The van der Waals surface area contributed by atoms with Crippen LogP contribution < -0.4 is 5.32 Å². The minimum Gasteiger partial charge on any atom is -0.361 e. The Balaban J connectivity index is 2.13. The lowest BCUT2D eigenvalue weighted by atomic mass is 10.1. The molecule has 2 aromatic rings. The van der Waals surface area contributed by atoms with Crippen molar-refractivity contribution in [2.45, 2.75) is 19.4 Å². The molecule has 3 nitrogen and oxygen atoms in total. The number of H-pyrrole nitrogens is 1. The summed E-state index contributed by atoms with van der Waals surface area (Å²) in [7, 11) is 0. The number of benzene rings is 1. The van der Waals surface area contributed by atoms with Crippen LogP contribution in [0.1, 0.15) is 12.5 Å². The Morgan fingerprint density at radius 2 is 2.29 bits per heavy atom. The molecule has 1 heterocycles. The SMILES string of the molecule is C=CC(C)NC(=O)Cc1c[nH]c2ccccc12. The normalized spacial score (nSPS) is 12.3. The number of carbonyl (C=O) groups excluding carboxylic acids is 1. The molecule has 1 aromatic carbocycles. The Kier molecular flexibility index (Phi) is 3.28. The topological polar surface area (TPSA) is 44.9 Å². The molecular formula is C14H16N2O. The van der Waals surface area contributed by atoms with E-state index in [2.05, 4.69) is 16.9 Å². The number of carbonyl (C=O) groups is 1. The van der Waals surface area contributed by atoms with E-state index >= 15 is 0 Å². The van der Waals surface area contributed by atoms with E-state index in [1.54, 1.807) is 6.08 Å². The van der Waals surface area contributed by atoms with Crippen molar-refractivity contribution in [1.82, 2.24) is 10.3 Å². The number of aromatic nitrogens is 1. The molecule has 17 heavy (non-hydrogen) atoms. The van der Waals surface area contributed by atoms with Crippen molar-refractivity contribution in [2.24, 2.45) is 0 Å². The molecule has 3 heteroatoms. The predicted molar refractivity (Wildman–Crippen MR) is 69.8 cm³/mol. The fourth-order valence-corrected chi connectivity index (χ4v) is 1.81. The van der Waals surface area contributed by atoms with Gasteiger partial charge in [0.05, 0.1) is 6.42 Å². The van der Waals surface area contributed by atoms with Crippen LogP contribution in [0.5, 0.6) is 0 Å². The van der Waals surface area contributed by atoms with E-state index in [-0.39, 0.29) is 11.9 Å². The van der Waals surface area contributed by atoms with Gasteiger partial charge in [0.1, 0.15) is 0 Å². The van der Waals surface area contributed by atoms with Crippen LogP contribution in [0.3, 0.4) is 0 Å². The maximum absolute atomic E-state index is 11.8. The Bertz CT molecular complexity index is 542. The predicted octanol–water partition coefficient (Wildman–Crippen LogP) is 2.40. The summed E-state index contributed by atoms with van der Waals surface area (Å²) in [4.78, 5) is 14.9. The third kappa shape index (κ3) is 2.56. The van der Waals surface area contributed by atoms with Gasteiger partial charge in [-0.25, -0.2) is 0 Å². The van der Waals surface area contributed by atoms with Gasteiger partial charge in [0.15, 0.2) is 0 Å². The lowest BCUT2D eigenvalue weighted by molar-refractivity contribution is -0.120. The highest BCUT2D eigenvalue weighted by atomic mass is 16.1. The van der Waals surface area contributed by atoms with Crippen molar-refractivity contribution in [2.75, 3.05) is 0 Å². The zero-order valence-corrected chi connectivity index (χ0v) is 9.86. The minimum absolute atomic E-state index is 0.00714. The van der Waals surface area contributed by atoms with E-state index in [4.69, 9.17) is 0 Å². The third-order valence-electron chi connectivity index (χ3n) is 2.77. The number of fused-ring (bicyclic) bond motifs is 1. The second-order valence-corrected chi connectivity index (χ2v) is 4.13. The van der Waals surface area contributed by atoms with Gasteiger partial charge in [0.2, 0.25) is 5.91 Å². The highest BCUT2D eigenvalue weighted by molar-refractivity contribution is 5.88. The van der Waals surface area contributed by atoms with Gasteiger partial charge in [-0.3, -0.25) is 4.79 Å². The molecule has 88 valence electrons. The minimum atomic E-state index is 0.00714. The van der Waals surface area contributed by atoms with Gasteiger partial charge >= 0.3 is 0 Å². The van der Waals surface area contributed by atoms with Crippen molar-refractivity contribution >= 4 is 16.8 Å². The molecule has 0 aliphatic heterocycles. The molecule has 1 atom stereocenters. The molecule has 0 radical (unpaired) electrons. The molecule has 0 aliphatic carbocycles. The first-order chi connectivity index (χ1) is 8.20. The Morgan fingerprint density at radius 1 is 1.53 bits per heavy atom. The van der Waals surface area contributed by atoms with Gasteiger partial charge in [-0.2, -0.15) is 0 Å². The summed E-state index contributed by atoms with van der Waals surface area (Å²) >= 11 is 0. The highest BCUT2D eigenvalue weighted by Crippen LogP contribution is 2.17. The number of hydrogen-bond acceptors (Lipinski definition) is 1. The van der Waals surface area contributed by atoms with Crippen LogP contribution in [0.2, 0.25) is 0 Å². The summed E-state index contributed by atoms with van der Waals surface area (Å²) in [5.41, 5.74) is 2.08. The van der Waals surface area contributed by atoms with Gasteiger partial charge < -0.3 is 10.3 Å². The maximum Gasteiger partial charge on any atom is 0.224 e. The van der Waals surface area contributed by atoms with Gasteiger partial charge in [0.25, 0.3) is 0 Å². The largest absolute Gasteiger partial charge is 0.361 e. The molecule has 0 fully saturated rings. The average molecular weight is 228 g/mol. The molecule has 0 saturated heterocycles. The summed E-state index contributed by atoms with van der Waals surface area (Å²) in [6.45, 7) is 5.54. The van der Waals surface area contributed by atoms with Crippen LogP contribution in [-0.4, -0.2) is 16.9 Å². The number of amides is 1. The van der Waals surface area contributed by atoms with Gasteiger partial charge in [-0.1, -0.05) is 24.3 Å². The number of hydrogen-bond donors (Lipinski definition) is 2. The summed E-state index contributed by atoms with van der Waals surface area (Å²) < 4.78 is 0. The number of aromatic amines is 1. The van der Waals surface area contributed by atoms with Crippen LogP contribution in [0.25, 0.3) is 10.9 Å². The van der Waals surface area contributed by atoms with Crippen molar-refractivity contribution < 1.29 is 4.79 Å². The van der Waals surface area contributed by atoms with Crippen molar-refractivity contribution in [1.29, 1.82) is 0 Å². The number of rotatable bonds is 4. The van der Waals surface area contributed by atoms with Crippen molar-refractivity contribution in [3.63, 3.8) is 0 Å². The molecular weight excluding hydrogens is 212 g/mol. The molecule has 0 bridgehead atoms. The average Bonchev–Trinajstić information content (AvgIpc) is 2.72. The first-order valence-corrected chi connectivity index (χ1v) is 5.67. The first-order valence-electron chi connectivity index (χ1n) is 5.67. The van der Waals surface area contributed by atoms with E-state index in [1.165, 1.54) is 0 Å². The second-order valence-electron chi connectivity index (χ2n) is 4.13. The van der Waals surface area contributed by atoms with Gasteiger partial charge in [-0.15, -0.1) is 6.58 Å². The molecule has 1 amide bonds. The summed E-state index contributed by atoms with van der Waals surface area (Å²) in [6.07, 6.45) is 4.00. The Hall–Kier alpha value is -2.03. The fraction of sp³-hybridized carbons (Fsp3) is 0.214. The van der Waals surface area contributed by atoms with Crippen LogP contribution in [-0.2, 0) is 11.2 Å². The van der Waals surface area contributed by atoms with Crippen LogP contribution in [0, 0.1) is 0 Å². The monoisotopic (exact) mass is 228 g/mol. The quantitative estimate of drug-likeness (QED) is 0.775. The molecule has 0 spiro atoms. The smallest absolute Gasteiger partial charge is 0.224 e. The van der Waals surface area contributed by atoms with Gasteiger partial charge in [0, 0.05) is 23.1 Å². The van der Waals surface area contributed by atoms with Crippen LogP contribution >= 0.6 is 0 Å². The second kappa shape index (κ2) is 4.87. The molecule has 0 saturated carbocycles. The lowest BCUT2D eigenvalue weighted by Gasteiger charge is -2.08. The van der Waals surface area contributed by atoms with Crippen molar-refractivity contribution in [3.05, 3.63) is 48.7 Å². The highest BCUT2D eigenvalue weighted by Gasteiger charge is 2.09. The Morgan fingerprint density at radius 3 is 3.06 bits per heavy atom. The van der Waals surface area contributed by atoms with Crippen LogP contribution in [0.15, 0.2) is 43.1 Å². The van der Waals surface area contributed by atoms with Crippen molar-refractivity contribution in [3.8, 4) is 0 Å². The maximum atomic E-state index is 11.8. The molecule has 0 aliphatic rings. The standard InChI is InChI=1S/C14H16N2O/c1-3-10(2)16-14(17)8-11-9-15-13-7-5-4-6-12(11)13/h3-7,9-10,15H,1,8H2,2H3,(H,16,17). The number of nitrogens with one attached hydrogen (secondary N) is 2. The summed E-state index contributed by atoms with van der Waals surface area (Å²) in [6, 6.07) is 7.98. The third-order valence-corrected chi connectivity index (χ3v) is 2.77. The van der Waals surface area contributed by atoms with Crippen LogP contribution in [0.4, 0.5) is 0 Å². The Labute approximate surface area is 101 Å². The van der Waals surface area contributed by atoms with E-state index in [1.807, 2.05) is 37.4 Å². The molecule has 1 unspecified atom stereocenters. The van der Waals surface area contributed by atoms with E-state index in [0.29, 0.717) is 6.42 Å². The first kappa shape index (κ1) is 11.5. The molecule has 2 N–H and O–H groups in total. The van der Waals surface area contributed by atoms with E-state index < -0.39 is 0 Å². The van der Waals surface area contributed by atoms with E-state index in [9.17, 15) is 4.79 Å².